The first-order valence-electron chi connectivity index (χ1n) is 11.4. The van der Waals surface area contributed by atoms with Gasteiger partial charge in [0.25, 0.3) is 5.56 Å². The lowest BCUT2D eigenvalue weighted by atomic mass is 9.99. The first kappa shape index (κ1) is 23.3. The number of pyridine rings is 2. The number of fused-ring (bicyclic) bond motifs is 1. The number of benzene rings is 2. The van der Waals surface area contributed by atoms with Gasteiger partial charge in [-0.3, -0.25) is 19.3 Å². The van der Waals surface area contributed by atoms with E-state index in [-0.39, 0.29) is 5.56 Å². The normalized spacial score (nSPS) is 12.4. The summed E-state index contributed by atoms with van der Waals surface area (Å²) in [5, 5.41) is 5.45. The number of anilines is 1. The molecule has 1 N–H and O–H groups in total. The SMILES string of the molecule is C=NC(=N[C@@H](C)c1cc2cccc(-c3cccnc3)c2c(=O)n1-c1ccccc1)c1ncsc1NC. The molecule has 1 atom stereocenters. The van der Waals surface area contributed by atoms with E-state index in [4.69, 9.17) is 4.99 Å². The maximum absolute atomic E-state index is 14.2. The smallest absolute Gasteiger partial charge is 0.263 e. The van der Waals surface area contributed by atoms with Crippen molar-refractivity contribution in [2.75, 3.05) is 12.4 Å². The lowest BCUT2D eigenvalue weighted by Crippen LogP contribution is -2.24. The van der Waals surface area contributed by atoms with Gasteiger partial charge < -0.3 is 5.32 Å². The molecule has 0 bridgehead atoms. The highest BCUT2D eigenvalue weighted by atomic mass is 32.1. The van der Waals surface area contributed by atoms with Crippen molar-refractivity contribution in [3.63, 3.8) is 0 Å². The van der Waals surface area contributed by atoms with Gasteiger partial charge in [0.15, 0.2) is 5.84 Å². The van der Waals surface area contributed by atoms with Crippen LogP contribution in [0.5, 0.6) is 0 Å². The van der Waals surface area contributed by atoms with Crippen LogP contribution in [-0.2, 0) is 0 Å². The van der Waals surface area contributed by atoms with Crippen molar-refractivity contribution < 1.29 is 0 Å². The van der Waals surface area contributed by atoms with Gasteiger partial charge in [0.05, 0.1) is 22.6 Å². The van der Waals surface area contributed by atoms with Crippen molar-refractivity contribution in [3.8, 4) is 16.8 Å². The van der Waals surface area contributed by atoms with E-state index in [0.29, 0.717) is 16.9 Å². The lowest BCUT2D eigenvalue weighted by molar-refractivity contribution is 0.735. The van der Waals surface area contributed by atoms with E-state index in [9.17, 15) is 4.79 Å². The summed E-state index contributed by atoms with van der Waals surface area (Å²) in [4.78, 5) is 31.8. The van der Waals surface area contributed by atoms with Crippen LogP contribution in [0.4, 0.5) is 5.00 Å². The van der Waals surface area contributed by atoms with Gasteiger partial charge in [0.1, 0.15) is 10.7 Å². The standard InChI is InChI=1S/C28H24N6OS/c1-18(33-26(29-2)25-27(30-3)36-17-32-25)23-15-19-9-7-13-22(20-10-8-14-31-16-20)24(19)28(35)34(23)21-11-5-4-6-12-21/h4-18,30H,2H2,1,3H3/t18-/m0/s1. The van der Waals surface area contributed by atoms with E-state index in [1.165, 1.54) is 11.3 Å². The van der Waals surface area contributed by atoms with Crippen LogP contribution < -0.4 is 10.9 Å². The zero-order chi connectivity index (χ0) is 25.1. The Morgan fingerprint density at radius 1 is 1.11 bits per heavy atom. The van der Waals surface area contributed by atoms with Crippen molar-refractivity contribution in [1.29, 1.82) is 0 Å². The number of para-hydroxylation sites is 1. The van der Waals surface area contributed by atoms with Crippen LogP contribution in [-0.4, -0.2) is 34.1 Å². The van der Waals surface area contributed by atoms with Crippen LogP contribution in [0.1, 0.15) is 24.4 Å². The molecule has 2 aromatic carbocycles. The molecule has 7 nitrogen and oxygen atoms in total. The Bertz CT molecular complexity index is 1620. The molecule has 0 spiro atoms. The van der Waals surface area contributed by atoms with Gasteiger partial charge >= 0.3 is 0 Å². The summed E-state index contributed by atoms with van der Waals surface area (Å²) < 4.78 is 1.73. The number of thiazole rings is 1. The first-order valence-corrected chi connectivity index (χ1v) is 12.3. The van der Waals surface area contributed by atoms with Crippen LogP contribution in [0.25, 0.3) is 27.6 Å². The van der Waals surface area contributed by atoms with Crippen molar-refractivity contribution in [2.24, 2.45) is 9.98 Å². The second kappa shape index (κ2) is 10.1. The summed E-state index contributed by atoms with van der Waals surface area (Å²) in [5.74, 6) is 0.421. The topological polar surface area (TPSA) is 84.5 Å². The summed E-state index contributed by atoms with van der Waals surface area (Å²) in [6.07, 6.45) is 3.50. The van der Waals surface area contributed by atoms with Gasteiger partial charge in [-0.1, -0.05) is 42.5 Å². The molecule has 0 saturated carbocycles. The van der Waals surface area contributed by atoms with Gasteiger partial charge in [-0.25, -0.2) is 9.98 Å². The molecule has 3 heterocycles. The minimum absolute atomic E-state index is 0.118. The number of aromatic nitrogens is 3. The third kappa shape index (κ3) is 4.23. The summed E-state index contributed by atoms with van der Waals surface area (Å²) in [5.41, 5.74) is 5.49. The fourth-order valence-electron chi connectivity index (χ4n) is 4.30. The third-order valence-electron chi connectivity index (χ3n) is 5.96. The van der Waals surface area contributed by atoms with E-state index in [0.717, 1.165) is 32.9 Å². The number of nitrogens with zero attached hydrogens (tertiary/aromatic N) is 5. The average Bonchev–Trinajstić information content (AvgIpc) is 3.41. The molecular weight excluding hydrogens is 468 g/mol. The zero-order valence-corrected chi connectivity index (χ0v) is 20.7. The highest BCUT2D eigenvalue weighted by Crippen LogP contribution is 2.30. The number of aliphatic imine (C=N–C) groups is 2. The maximum Gasteiger partial charge on any atom is 0.263 e. The highest BCUT2D eigenvalue weighted by Gasteiger charge is 2.20. The fourth-order valence-corrected chi connectivity index (χ4v) is 4.94. The summed E-state index contributed by atoms with van der Waals surface area (Å²) in [7, 11) is 1.83. The van der Waals surface area contributed by atoms with E-state index < -0.39 is 6.04 Å². The molecule has 3 aromatic heterocycles. The minimum Gasteiger partial charge on any atom is -0.378 e. The van der Waals surface area contributed by atoms with Gasteiger partial charge in [-0.15, -0.1) is 11.3 Å². The molecule has 0 amide bonds. The molecule has 0 fully saturated rings. The molecule has 178 valence electrons. The van der Waals surface area contributed by atoms with E-state index in [1.807, 2.05) is 80.7 Å². The van der Waals surface area contributed by atoms with E-state index in [1.54, 1.807) is 22.5 Å². The van der Waals surface area contributed by atoms with Crippen LogP contribution in [0.3, 0.4) is 0 Å². The summed E-state index contributed by atoms with van der Waals surface area (Å²) >= 11 is 1.47. The van der Waals surface area contributed by atoms with Crippen molar-refractivity contribution >= 4 is 39.7 Å². The predicted octanol–water partition coefficient (Wildman–Crippen LogP) is 5.76. The number of amidine groups is 1. The number of rotatable bonds is 6. The van der Waals surface area contributed by atoms with Gasteiger partial charge in [0, 0.05) is 30.7 Å². The second-order valence-electron chi connectivity index (χ2n) is 8.12. The van der Waals surface area contributed by atoms with E-state index in [2.05, 4.69) is 27.0 Å². The Hall–Kier alpha value is -4.43. The Morgan fingerprint density at radius 3 is 2.67 bits per heavy atom. The van der Waals surface area contributed by atoms with Crippen LogP contribution >= 0.6 is 11.3 Å². The van der Waals surface area contributed by atoms with E-state index >= 15 is 0 Å². The Kier molecular flexibility index (Phi) is 6.51. The van der Waals surface area contributed by atoms with Gasteiger partial charge in [-0.05, 0) is 48.9 Å². The maximum atomic E-state index is 14.2. The van der Waals surface area contributed by atoms with Gasteiger partial charge in [-0.2, -0.15) is 0 Å². The quantitative estimate of drug-likeness (QED) is 0.241. The van der Waals surface area contributed by atoms with Crippen LogP contribution in [0, 0.1) is 0 Å². The van der Waals surface area contributed by atoms with Crippen molar-refractivity contribution in [1.82, 2.24) is 14.5 Å². The molecule has 0 saturated heterocycles. The Balaban J connectivity index is 1.77. The molecular formula is C28H24N6OS. The van der Waals surface area contributed by atoms with Crippen molar-refractivity contribution in [2.45, 2.75) is 13.0 Å². The second-order valence-corrected chi connectivity index (χ2v) is 8.98. The number of hydrogen-bond donors (Lipinski definition) is 1. The molecule has 8 heteroatoms. The minimum atomic E-state index is -0.406. The first-order chi connectivity index (χ1) is 17.6. The summed E-state index contributed by atoms with van der Waals surface area (Å²) in [6.45, 7) is 5.66. The average molecular weight is 493 g/mol. The number of hydrogen-bond acceptors (Lipinski definition) is 6. The van der Waals surface area contributed by atoms with Crippen LogP contribution in [0.2, 0.25) is 0 Å². The van der Waals surface area contributed by atoms with Crippen molar-refractivity contribution in [3.05, 3.63) is 106 Å². The Morgan fingerprint density at radius 2 is 1.94 bits per heavy atom. The predicted molar refractivity (Wildman–Crippen MR) is 149 cm³/mol. The molecule has 36 heavy (non-hydrogen) atoms. The fraction of sp³-hybridized carbons (Fsp3) is 0.107. The Labute approximate surface area is 212 Å². The number of nitrogens with one attached hydrogen (secondary N) is 1. The zero-order valence-electron chi connectivity index (χ0n) is 19.9. The summed E-state index contributed by atoms with van der Waals surface area (Å²) in [6, 6.07) is 20.9. The largest absolute Gasteiger partial charge is 0.378 e. The molecule has 0 radical (unpaired) electrons. The highest BCUT2D eigenvalue weighted by molar-refractivity contribution is 7.14. The molecule has 0 aliphatic rings. The van der Waals surface area contributed by atoms with Crippen LogP contribution in [0.15, 0.2) is 99.4 Å². The molecule has 5 aromatic rings. The third-order valence-corrected chi connectivity index (χ3v) is 6.81. The molecule has 0 unspecified atom stereocenters. The molecule has 0 aliphatic carbocycles. The lowest BCUT2D eigenvalue weighted by Gasteiger charge is -2.19. The molecule has 5 rings (SSSR count). The molecule has 0 aliphatic heterocycles. The monoisotopic (exact) mass is 492 g/mol. The van der Waals surface area contributed by atoms with Gasteiger partial charge in [0.2, 0.25) is 0 Å².